The van der Waals surface area contributed by atoms with Crippen LogP contribution in [0.3, 0.4) is 0 Å². The number of aryl methyl sites for hydroxylation is 1. The highest BCUT2D eigenvalue weighted by atomic mass is 16.5. The van der Waals surface area contributed by atoms with Gasteiger partial charge >= 0.3 is 5.69 Å². The van der Waals surface area contributed by atoms with Crippen LogP contribution in [0.25, 0.3) is 22.1 Å². The molecule has 0 aliphatic carbocycles. The van der Waals surface area contributed by atoms with E-state index in [9.17, 15) is 14.4 Å². The fourth-order valence-electron chi connectivity index (χ4n) is 4.16. The van der Waals surface area contributed by atoms with Gasteiger partial charge in [-0.3, -0.25) is 23.7 Å². The van der Waals surface area contributed by atoms with Crippen LogP contribution in [-0.2, 0) is 25.4 Å². The topological polar surface area (TPSA) is 104 Å². The van der Waals surface area contributed by atoms with Gasteiger partial charge in [0, 0.05) is 38.6 Å². The van der Waals surface area contributed by atoms with Gasteiger partial charge in [-0.1, -0.05) is 18.2 Å². The quantitative estimate of drug-likeness (QED) is 0.467. The number of rotatable bonds is 4. The Morgan fingerprint density at radius 2 is 1.94 bits per heavy atom. The zero-order chi connectivity index (χ0) is 22.4. The van der Waals surface area contributed by atoms with Crippen molar-refractivity contribution in [2.45, 2.75) is 19.1 Å². The van der Waals surface area contributed by atoms with Gasteiger partial charge in [0.15, 0.2) is 11.2 Å². The van der Waals surface area contributed by atoms with Gasteiger partial charge in [-0.15, -0.1) is 0 Å². The largest absolute Gasteiger partial charge is 0.486 e. The Labute approximate surface area is 182 Å². The molecule has 10 nitrogen and oxygen atoms in total. The van der Waals surface area contributed by atoms with Crippen molar-refractivity contribution in [1.82, 2.24) is 28.6 Å². The Balaban J connectivity index is 1.33. The first-order valence-corrected chi connectivity index (χ1v) is 10.3. The summed E-state index contributed by atoms with van der Waals surface area (Å²) in [6.07, 6.45) is 3.72. The summed E-state index contributed by atoms with van der Waals surface area (Å²) in [6.45, 7) is 0.975. The molecule has 1 saturated heterocycles. The molecule has 1 amide bonds. The molecule has 1 aliphatic heterocycles. The predicted octanol–water partition coefficient (Wildman–Crippen LogP) is 0.662. The van der Waals surface area contributed by atoms with Gasteiger partial charge in [0.2, 0.25) is 5.91 Å². The van der Waals surface area contributed by atoms with Crippen LogP contribution in [0.5, 0.6) is 5.75 Å². The number of imidazole rings is 1. The average molecular weight is 434 g/mol. The lowest BCUT2D eigenvalue weighted by Gasteiger charge is -2.18. The number of likely N-dealkylation sites (tertiary alicyclic amines) is 1. The minimum Gasteiger partial charge on any atom is -0.486 e. The number of hydrogen-bond donors (Lipinski definition) is 0. The molecule has 1 unspecified atom stereocenters. The third kappa shape index (κ3) is 3.24. The van der Waals surface area contributed by atoms with E-state index in [0.29, 0.717) is 25.3 Å². The van der Waals surface area contributed by atoms with E-state index in [1.807, 2.05) is 30.3 Å². The normalized spacial score (nSPS) is 16.2. The molecular weight excluding hydrogens is 412 g/mol. The highest BCUT2D eigenvalue weighted by Crippen LogP contribution is 2.26. The van der Waals surface area contributed by atoms with Gasteiger partial charge in [0.25, 0.3) is 5.56 Å². The molecular formula is C22H22N6O4. The van der Waals surface area contributed by atoms with Gasteiger partial charge in [0.1, 0.15) is 23.9 Å². The smallest absolute Gasteiger partial charge is 0.332 e. The lowest BCUT2D eigenvalue weighted by Crippen LogP contribution is -2.38. The summed E-state index contributed by atoms with van der Waals surface area (Å²) < 4.78 is 9.99. The molecule has 0 saturated carbocycles. The molecule has 5 rings (SSSR count). The van der Waals surface area contributed by atoms with Crippen molar-refractivity contribution >= 4 is 28.0 Å². The second-order valence-corrected chi connectivity index (χ2v) is 7.95. The summed E-state index contributed by atoms with van der Waals surface area (Å²) >= 11 is 0. The van der Waals surface area contributed by atoms with Crippen molar-refractivity contribution in [1.29, 1.82) is 0 Å². The number of carbonyl (C=O) groups excluding carboxylic acids is 1. The number of para-hydroxylation sites is 1. The van der Waals surface area contributed by atoms with Crippen LogP contribution in [0.15, 0.2) is 52.4 Å². The van der Waals surface area contributed by atoms with E-state index in [4.69, 9.17) is 4.74 Å². The number of carbonyl (C=O) groups is 1. The third-order valence-corrected chi connectivity index (χ3v) is 5.91. The Hall–Kier alpha value is -3.95. The van der Waals surface area contributed by atoms with Crippen molar-refractivity contribution < 1.29 is 9.53 Å². The van der Waals surface area contributed by atoms with E-state index in [2.05, 4.69) is 9.97 Å². The number of fused-ring (bicyclic) bond motifs is 2. The number of pyridine rings is 1. The maximum Gasteiger partial charge on any atom is 0.332 e. The molecule has 4 heterocycles. The second kappa shape index (κ2) is 7.63. The van der Waals surface area contributed by atoms with Crippen molar-refractivity contribution in [3.8, 4) is 5.75 Å². The highest BCUT2D eigenvalue weighted by Gasteiger charge is 2.29. The van der Waals surface area contributed by atoms with Crippen LogP contribution in [0.2, 0.25) is 0 Å². The van der Waals surface area contributed by atoms with E-state index in [-0.39, 0.29) is 29.7 Å². The van der Waals surface area contributed by atoms with E-state index in [0.717, 1.165) is 15.5 Å². The van der Waals surface area contributed by atoms with Crippen LogP contribution < -0.4 is 16.0 Å². The first-order valence-electron chi connectivity index (χ1n) is 10.3. The summed E-state index contributed by atoms with van der Waals surface area (Å²) in [4.78, 5) is 47.9. The van der Waals surface area contributed by atoms with E-state index < -0.39 is 11.2 Å². The van der Waals surface area contributed by atoms with Crippen LogP contribution in [-0.4, -0.2) is 53.7 Å². The SMILES string of the molecule is Cn1c(=O)c2c(ncn2CC(=O)N2CCC(Oc3cccc4cccnc34)C2)n(C)c1=O. The fourth-order valence-corrected chi connectivity index (χ4v) is 4.16. The number of nitrogens with zero attached hydrogens (tertiary/aromatic N) is 6. The third-order valence-electron chi connectivity index (χ3n) is 5.91. The van der Waals surface area contributed by atoms with Crippen molar-refractivity contribution in [2.75, 3.05) is 13.1 Å². The van der Waals surface area contributed by atoms with Crippen molar-refractivity contribution in [3.05, 3.63) is 63.7 Å². The van der Waals surface area contributed by atoms with Crippen LogP contribution in [0.4, 0.5) is 0 Å². The Morgan fingerprint density at radius 1 is 1.12 bits per heavy atom. The molecule has 164 valence electrons. The molecule has 32 heavy (non-hydrogen) atoms. The van der Waals surface area contributed by atoms with Gasteiger partial charge < -0.3 is 14.2 Å². The van der Waals surface area contributed by atoms with Gasteiger partial charge in [-0.25, -0.2) is 9.78 Å². The molecule has 10 heteroatoms. The molecule has 1 fully saturated rings. The minimum absolute atomic E-state index is 0.0352. The zero-order valence-electron chi connectivity index (χ0n) is 17.8. The van der Waals surface area contributed by atoms with Crippen molar-refractivity contribution in [3.63, 3.8) is 0 Å². The lowest BCUT2D eigenvalue weighted by molar-refractivity contribution is -0.131. The molecule has 0 spiro atoms. The Kier molecular flexibility index (Phi) is 4.76. The Morgan fingerprint density at radius 3 is 2.78 bits per heavy atom. The minimum atomic E-state index is -0.473. The van der Waals surface area contributed by atoms with E-state index in [1.165, 1.54) is 22.5 Å². The van der Waals surface area contributed by atoms with Gasteiger partial charge in [-0.2, -0.15) is 0 Å². The molecule has 0 N–H and O–H groups in total. The van der Waals surface area contributed by atoms with Crippen LogP contribution in [0.1, 0.15) is 6.42 Å². The van der Waals surface area contributed by atoms with Crippen LogP contribution in [0, 0.1) is 0 Å². The first-order chi connectivity index (χ1) is 15.4. The zero-order valence-corrected chi connectivity index (χ0v) is 17.8. The Bertz CT molecular complexity index is 1460. The standard InChI is InChI=1S/C22H22N6O4/c1-25-20-19(21(30)26(2)22(25)31)28(13-24-20)12-17(29)27-10-8-15(11-27)32-16-7-3-5-14-6-4-9-23-18(14)16/h3-7,9,13,15H,8,10-12H2,1-2H3. The first kappa shape index (κ1) is 20.0. The maximum atomic E-state index is 12.9. The number of amides is 1. The molecule has 4 aromatic rings. The molecule has 1 atom stereocenters. The predicted molar refractivity (Wildman–Crippen MR) is 118 cm³/mol. The summed E-state index contributed by atoms with van der Waals surface area (Å²) in [6, 6.07) is 9.66. The summed E-state index contributed by atoms with van der Waals surface area (Å²) in [7, 11) is 2.96. The monoisotopic (exact) mass is 434 g/mol. The number of aromatic nitrogens is 5. The highest BCUT2D eigenvalue weighted by molar-refractivity contribution is 5.84. The molecule has 3 aromatic heterocycles. The fraction of sp³-hybridized carbons (Fsp3) is 0.318. The lowest BCUT2D eigenvalue weighted by atomic mass is 10.2. The van der Waals surface area contributed by atoms with Crippen LogP contribution >= 0.6 is 0 Å². The molecule has 0 radical (unpaired) electrons. The summed E-state index contributed by atoms with van der Waals surface area (Å²) in [5.41, 5.74) is 0.362. The molecule has 0 bridgehead atoms. The van der Waals surface area contributed by atoms with E-state index in [1.54, 1.807) is 18.1 Å². The summed E-state index contributed by atoms with van der Waals surface area (Å²) in [5, 5.41) is 0.999. The van der Waals surface area contributed by atoms with Crippen molar-refractivity contribution in [2.24, 2.45) is 14.1 Å². The van der Waals surface area contributed by atoms with Gasteiger partial charge in [0.05, 0.1) is 12.9 Å². The maximum absolute atomic E-state index is 12.9. The average Bonchev–Trinajstić information content (AvgIpc) is 3.44. The second-order valence-electron chi connectivity index (χ2n) is 7.95. The number of benzene rings is 1. The summed E-state index contributed by atoms with van der Waals surface area (Å²) in [5.74, 6) is 0.565. The van der Waals surface area contributed by atoms with Gasteiger partial charge in [-0.05, 0) is 12.1 Å². The molecule has 1 aliphatic rings. The van der Waals surface area contributed by atoms with E-state index >= 15 is 0 Å². The molecule has 1 aromatic carbocycles. The number of hydrogen-bond acceptors (Lipinski definition) is 6. The number of ether oxygens (including phenoxy) is 1.